The number of aromatic nitrogens is 5. The number of alkyl halides is 3. The van der Waals surface area contributed by atoms with E-state index >= 15 is 0 Å². The molecular weight excluding hydrogens is 325 g/mol. The van der Waals surface area contributed by atoms with Crippen LogP contribution < -0.4 is 5.32 Å². The Morgan fingerprint density at radius 1 is 1.38 bits per heavy atom. The van der Waals surface area contributed by atoms with E-state index in [2.05, 4.69) is 25.8 Å². The van der Waals surface area contributed by atoms with Gasteiger partial charge < -0.3 is 5.32 Å². The standard InChI is InChI=1S/C14H15F3N6O/c1-7-10(5-6-11(18-7)14(15,16)17)13(24)19-8(2)12-20-21-22-23(12)9-3-4-9/h5-6,8-9H,3-4H2,1-2H3,(H,19,24)/t8-/m1/s1. The Kier molecular flexibility index (Phi) is 3.98. The molecule has 0 saturated heterocycles. The van der Waals surface area contributed by atoms with Gasteiger partial charge >= 0.3 is 6.18 Å². The summed E-state index contributed by atoms with van der Waals surface area (Å²) in [5, 5.41) is 14.1. The molecule has 1 saturated carbocycles. The average molecular weight is 340 g/mol. The van der Waals surface area contributed by atoms with Crippen LogP contribution in [0.5, 0.6) is 0 Å². The molecule has 1 atom stereocenters. The molecule has 1 aliphatic rings. The smallest absolute Gasteiger partial charge is 0.342 e. The Balaban J connectivity index is 1.76. The molecule has 1 aliphatic carbocycles. The summed E-state index contributed by atoms with van der Waals surface area (Å²) in [4.78, 5) is 15.8. The Bertz CT molecular complexity index is 768. The van der Waals surface area contributed by atoms with Crippen LogP contribution in [0.25, 0.3) is 0 Å². The predicted molar refractivity (Wildman–Crippen MR) is 75.9 cm³/mol. The third-order valence-corrected chi connectivity index (χ3v) is 3.77. The number of tetrazole rings is 1. The zero-order chi connectivity index (χ0) is 17.5. The fourth-order valence-corrected chi connectivity index (χ4v) is 2.36. The highest BCUT2D eigenvalue weighted by Gasteiger charge is 2.33. The van der Waals surface area contributed by atoms with Gasteiger partial charge in [0, 0.05) is 0 Å². The minimum atomic E-state index is -4.54. The topological polar surface area (TPSA) is 85.6 Å². The molecule has 2 aromatic heterocycles. The maximum atomic E-state index is 12.6. The minimum absolute atomic E-state index is 0.0105. The van der Waals surface area contributed by atoms with Gasteiger partial charge in [-0.3, -0.25) is 4.79 Å². The van der Waals surface area contributed by atoms with Crippen molar-refractivity contribution in [1.82, 2.24) is 30.5 Å². The molecule has 0 radical (unpaired) electrons. The van der Waals surface area contributed by atoms with Crippen LogP contribution in [0, 0.1) is 6.92 Å². The van der Waals surface area contributed by atoms with Crippen LogP contribution in [-0.4, -0.2) is 31.1 Å². The molecule has 2 heterocycles. The normalized spacial score (nSPS) is 16.0. The molecule has 0 aromatic carbocycles. The molecule has 2 aromatic rings. The molecule has 1 amide bonds. The van der Waals surface area contributed by atoms with Gasteiger partial charge in [-0.15, -0.1) is 5.10 Å². The van der Waals surface area contributed by atoms with Gasteiger partial charge in [0.05, 0.1) is 23.3 Å². The number of amides is 1. The van der Waals surface area contributed by atoms with Crippen molar-refractivity contribution >= 4 is 5.91 Å². The van der Waals surface area contributed by atoms with Crippen molar-refractivity contribution in [1.29, 1.82) is 0 Å². The summed E-state index contributed by atoms with van der Waals surface area (Å²) in [6, 6.07) is 1.69. The van der Waals surface area contributed by atoms with Crippen LogP contribution in [0.2, 0.25) is 0 Å². The van der Waals surface area contributed by atoms with E-state index in [1.54, 1.807) is 11.6 Å². The van der Waals surface area contributed by atoms with Crippen molar-refractivity contribution in [2.75, 3.05) is 0 Å². The predicted octanol–water partition coefficient (Wildman–Crippen LogP) is 2.22. The summed E-state index contributed by atoms with van der Waals surface area (Å²) in [5.74, 6) is -0.00468. The first kappa shape index (κ1) is 16.3. The number of nitrogens with zero attached hydrogens (tertiary/aromatic N) is 5. The van der Waals surface area contributed by atoms with Gasteiger partial charge in [-0.25, -0.2) is 9.67 Å². The van der Waals surface area contributed by atoms with Gasteiger partial charge in [-0.2, -0.15) is 13.2 Å². The molecule has 1 fully saturated rings. The summed E-state index contributed by atoms with van der Waals surface area (Å²) < 4.78 is 39.6. The highest BCUT2D eigenvalue weighted by Crippen LogP contribution is 2.35. The number of hydrogen-bond donors (Lipinski definition) is 1. The first-order valence-electron chi connectivity index (χ1n) is 7.41. The third-order valence-electron chi connectivity index (χ3n) is 3.77. The van der Waals surface area contributed by atoms with Gasteiger partial charge in [0.2, 0.25) is 0 Å². The molecule has 7 nitrogen and oxygen atoms in total. The second kappa shape index (κ2) is 5.84. The Labute approximate surface area is 135 Å². The maximum Gasteiger partial charge on any atom is 0.433 e. The minimum Gasteiger partial charge on any atom is -0.342 e. The second-order valence-corrected chi connectivity index (χ2v) is 5.74. The van der Waals surface area contributed by atoms with Crippen molar-refractivity contribution in [3.05, 3.63) is 34.9 Å². The van der Waals surface area contributed by atoms with E-state index in [1.165, 1.54) is 6.92 Å². The number of halogens is 3. The van der Waals surface area contributed by atoms with Crippen LogP contribution in [0.3, 0.4) is 0 Å². The van der Waals surface area contributed by atoms with E-state index in [0.29, 0.717) is 5.82 Å². The van der Waals surface area contributed by atoms with Gasteiger partial charge in [0.1, 0.15) is 5.69 Å². The lowest BCUT2D eigenvalue weighted by molar-refractivity contribution is -0.141. The van der Waals surface area contributed by atoms with E-state index in [0.717, 1.165) is 25.0 Å². The summed E-state index contributed by atoms with van der Waals surface area (Å²) in [6.45, 7) is 3.08. The van der Waals surface area contributed by atoms with Crippen molar-refractivity contribution in [2.24, 2.45) is 0 Å². The Hall–Kier alpha value is -2.52. The van der Waals surface area contributed by atoms with Crippen molar-refractivity contribution in [3.63, 3.8) is 0 Å². The number of pyridine rings is 1. The van der Waals surface area contributed by atoms with Gasteiger partial charge in [0.25, 0.3) is 5.91 Å². The Morgan fingerprint density at radius 2 is 2.08 bits per heavy atom. The lowest BCUT2D eigenvalue weighted by Crippen LogP contribution is -2.29. The highest BCUT2D eigenvalue weighted by atomic mass is 19.4. The quantitative estimate of drug-likeness (QED) is 0.922. The zero-order valence-electron chi connectivity index (χ0n) is 13.0. The summed E-state index contributed by atoms with van der Waals surface area (Å²) in [6.07, 6.45) is -2.57. The zero-order valence-corrected chi connectivity index (χ0v) is 13.0. The molecule has 1 N–H and O–H groups in total. The third kappa shape index (κ3) is 3.22. The first-order valence-corrected chi connectivity index (χ1v) is 7.41. The number of carbonyl (C=O) groups is 1. The number of aryl methyl sites for hydroxylation is 1. The number of nitrogens with one attached hydrogen (secondary N) is 1. The van der Waals surface area contributed by atoms with E-state index in [-0.39, 0.29) is 17.3 Å². The van der Waals surface area contributed by atoms with E-state index in [1.807, 2.05) is 0 Å². The molecular formula is C14H15F3N6O. The van der Waals surface area contributed by atoms with Crippen LogP contribution in [0.1, 0.15) is 59.4 Å². The van der Waals surface area contributed by atoms with Crippen LogP contribution in [-0.2, 0) is 6.18 Å². The fraction of sp³-hybridized carbons (Fsp3) is 0.500. The molecule has 24 heavy (non-hydrogen) atoms. The molecule has 128 valence electrons. The second-order valence-electron chi connectivity index (χ2n) is 5.74. The Morgan fingerprint density at radius 3 is 2.67 bits per heavy atom. The first-order chi connectivity index (χ1) is 11.3. The van der Waals surface area contributed by atoms with Crippen LogP contribution in [0.4, 0.5) is 13.2 Å². The van der Waals surface area contributed by atoms with Crippen molar-refractivity contribution < 1.29 is 18.0 Å². The van der Waals surface area contributed by atoms with Crippen LogP contribution in [0.15, 0.2) is 12.1 Å². The number of carbonyl (C=O) groups excluding carboxylic acids is 1. The largest absolute Gasteiger partial charge is 0.433 e. The maximum absolute atomic E-state index is 12.6. The number of rotatable bonds is 4. The number of hydrogen-bond acceptors (Lipinski definition) is 5. The lowest BCUT2D eigenvalue weighted by atomic mass is 10.1. The lowest BCUT2D eigenvalue weighted by Gasteiger charge is -2.15. The van der Waals surface area contributed by atoms with E-state index in [9.17, 15) is 18.0 Å². The highest BCUT2D eigenvalue weighted by molar-refractivity contribution is 5.95. The van der Waals surface area contributed by atoms with Gasteiger partial charge in [-0.1, -0.05) is 0 Å². The van der Waals surface area contributed by atoms with E-state index in [4.69, 9.17) is 0 Å². The molecule has 0 unspecified atom stereocenters. The van der Waals surface area contributed by atoms with Crippen molar-refractivity contribution in [3.8, 4) is 0 Å². The van der Waals surface area contributed by atoms with Gasteiger partial charge in [0.15, 0.2) is 5.82 Å². The van der Waals surface area contributed by atoms with Crippen LogP contribution >= 0.6 is 0 Å². The molecule has 10 heteroatoms. The SMILES string of the molecule is Cc1nc(C(F)(F)F)ccc1C(=O)N[C@H](C)c1nnnn1C1CC1. The fourth-order valence-electron chi connectivity index (χ4n) is 2.36. The summed E-state index contributed by atoms with van der Waals surface area (Å²) >= 11 is 0. The summed E-state index contributed by atoms with van der Waals surface area (Å²) in [7, 11) is 0. The molecule has 0 bridgehead atoms. The summed E-state index contributed by atoms with van der Waals surface area (Å²) in [5.41, 5.74) is -0.932. The molecule has 3 rings (SSSR count). The average Bonchev–Trinajstić information content (AvgIpc) is 3.22. The molecule has 0 aliphatic heterocycles. The van der Waals surface area contributed by atoms with E-state index < -0.39 is 23.8 Å². The van der Waals surface area contributed by atoms with Gasteiger partial charge in [-0.05, 0) is 49.2 Å². The van der Waals surface area contributed by atoms with Crippen molar-refractivity contribution in [2.45, 2.75) is 44.9 Å². The monoisotopic (exact) mass is 340 g/mol. The molecule has 0 spiro atoms.